The molecule has 0 aromatic carbocycles. The van der Waals surface area contributed by atoms with Crippen molar-refractivity contribution in [1.29, 1.82) is 0 Å². The third kappa shape index (κ3) is 3.46. The van der Waals surface area contributed by atoms with Crippen LogP contribution in [-0.4, -0.2) is 29.9 Å². The van der Waals surface area contributed by atoms with Crippen LogP contribution in [0.4, 0.5) is 0 Å². The van der Waals surface area contributed by atoms with Crippen LogP contribution in [0, 0.1) is 11.3 Å². The van der Waals surface area contributed by atoms with Crippen molar-refractivity contribution in [2.45, 2.75) is 40.7 Å². The minimum absolute atomic E-state index is 0.113. The van der Waals surface area contributed by atoms with Crippen molar-refractivity contribution in [1.82, 2.24) is 4.90 Å². The quantitative estimate of drug-likeness (QED) is 0.637. The van der Waals surface area contributed by atoms with E-state index >= 15 is 0 Å². The van der Waals surface area contributed by atoms with Crippen LogP contribution in [0.3, 0.4) is 0 Å². The molecule has 1 aliphatic heterocycles. The van der Waals surface area contributed by atoms with Crippen LogP contribution in [0.2, 0.25) is 0 Å². The second kappa shape index (κ2) is 6.18. The van der Waals surface area contributed by atoms with Gasteiger partial charge in [-0.05, 0) is 35.8 Å². The van der Waals surface area contributed by atoms with Crippen molar-refractivity contribution in [2.75, 3.05) is 13.2 Å². The molecule has 1 unspecified atom stereocenters. The summed E-state index contributed by atoms with van der Waals surface area (Å²) in [7, 11) is 0. The number of amides is 1. The molecule has 1 aliphatic rings. The minimum Gasteiger partial charge on any atom is -0.465 e. The van der Waals surface area contributed by atoms with E-state index in [0.29, 0.717) is 19.7 Å². The number of carbonyl (C=O) groups is 2. The Morgan fingerprint density at radius 2 is 2.14 bits per heavy atom. The van der Waals surface area contributed by atoms with Crippen LogP contribution in [0.25, 0.3) is 0 Å². The maximum absolute atomic E-state index is 12.8. The second-order valence-electron chi connectivity index (χ2n) is 6.43. The smallest absolute Gasteiger partial charge is 0.319 e. The van der Waals surface area contributed by atoms with Gasteiger partial charge in [-0.25, -0.2) is 0 Å². The van der Waals surface area contributed by atoms with Crippen LogP contribution in [0.1, 0.15) is 38.1 Å². The minimum atomic E-state index is -0.738. The lowest BCUT2D eigenvalue weighted by Gasteiger charge is -2.34. The van der Waals surface area contributed by atoms with Crippen LogP contribution in [-0.2, 0) is 27.3 Å². The van der Waals surface area contributed by atoms with Gasteiger partial charge in [-0.3, -0.25) is 9.59 Å². The van der Waals surface area contributed by atoms with Crippen LogP contribution >= 0.6 is 11.3 Å². The van der Waals surface area contributed by atoms with Crippen molar-refractivity contribution in [3.63, 3.8) is 0 Å². The van der Waals surface area contributed by atoms with E-state index in [2.05, 4.69) is 11.4 Å². The molecule has 0 saturated heterocycles. The topological polar surface area (TPSA) is 46.6 Å². The molecular formula is C16H23NO3S. The van der Waals surface area contributed by atoms with Gasteiger partial charge in [0.2, 0.25) is 5.91 Å². The normalized spacial score (nSPS) is 16.3. The number of fused-ring (bicyclic) bond motifs is 1. The van der Waals surface area contributed by atoms with E-state index in [1.807, 2.05) is 20.8 Å². The molecule has 0 N–H and O–H groups in total. The molecule has 0 radical (unpaired) electrons. The fourth-order valence-electron chi connectivity index (χ4n) is 2.67. The number of thiophene rings is 1. The first-order valence-electron chi connectivity index (χ1n) is 7.35. The summed E-state index contributed by atoms with van der Waals surface area (Å²) < 4.78 is 5.11. The van der Waals surface area contributed by atoms with Gasteiger partial charge in [0.25, 0.3) is 0 Å². The SMILES string of the molecule is CCOC(=O)C(C(=O)N1CCc2sccc2C1)C(C)(C)C. The summed E-state index contributed by atoms with van der Waals surface area (Å²) in [5.41, 5.74) is 0.759. The predicted octanol–water partition coefficient (Wildman–Crippen LogP) is 2.86. The average Bonchev–Trinajstić information content (AvgIpc) is 2.84. The van der Waals surface area contributed by atoms with Gasteiger partial charge in [0, 0.05) is 18.0 Å². The van der Waals surface area contributed by atoms with E-state index in [0.717, 1.165) is 6.42 Å². The van der Waals surface area contributed by atoms with Crippen molar-refractivity contribution >= 4 is 23.2 Å². The summed E-state index contributed by atoms with van der Waals surface area (Å²) in [4.78, 5) is 28.2. The molecule has 0 fully saturated rings. The van der Waals surface area contributed by atoms with Crippen LogP contribution < -0.4 is 0 Å². The maximum atomic E-state index is 12.8. The molecule has 5 heteroatoms. The first kappa shape index (κ1) is 16.0. The Balaban J connectivity index is 2.18. The number of esters is 1. The van der Waals surface area contributed by atoms with E-state index < -0.39 is 17.3 Å². The van der Waals surface area contributed by atoms with E-state index in [1.54, 1.807) is 23.2 Å². The van der Waals surface area contributed by atoms with Crippen LogP contribution in [0.15, 0.2) is 11.4 Å². The Morgan fingerprint density at radius 3 is 2.76 bits per heavy atom. The molecule has 1 atom stereocenters. The summed E-state index contributed by atoms with van der Waals surface area (Å²) in [6.07, 6.45) is 0.873. The average molecular weight is 309 g/mol. The molecule has 0 bridgehead atoms. The summed E-state index contributed by atoms with van der Waals surface area (Å²) in [5, 5.41) is 2.06. The number of nitrogens with zero attached hydrogens (tertiary/aromatic N) is 1. The lowest BCUT2D eigenvalue weighted by atomic mass is 9.79. The zero-order chi connectivity index (χ0) is 15.6. The van der Waals surface area contributed by atoms with E-state index in [1.165, 1.54) is 10.4 Å². The molecule has 1 aromatic heterocycles. The number of hydrogen-bond donors (Lipinski definition) is 0. The molecule has 116 valence electrons. The van der Waals surface area contributed by atoms with Crippen molar-refractivity contribution < 1.29 is 14.3 Å². The third-order valence-electron chi connectivity index (χ3n) is 3.75. The first-order valence-corrected chi connectivity index (χ1v) is 8.23. The zero-order valence-electron chi connectivity index (χ0n) is 13.1. The van der Waals surface area contributed by atoms with Crippen molar-refractivity contribution in [3.05, 3.63) is 21.9 Å². The maximum Gasteiger partial charge on any atom is 0.319 e. The van der Waals surface area contributed by atoms with Crippen LogP contribution in [0.5, 0.6) is 0 Å². The Kier molecular flexibility index (Phi) is 4.71. The van der Waals surface area contributed by atoms with E-state index in [9.17, 15) is 9.59 Å². The summed E-state index contributed by atoms with van der Waals surface area (Å²) in [6.45, 7) is 9.07. The molecule has 1 aromatic rings. The highest BCUT2D eigenvalue weighted by Crippen LogP contribution is 2.31. The molecule has 0 saturated carbocycles. The van der Waals surface area contributed by atoms with Gasteiger partial charge in [-0.1, -0.05) is 20.8 Å². The number of ether oxygens (including phenoxy) is 1. The number of rotatable bonds is 3. The molecule has 21 heavy (non-hydrogen) atoms. The van der Waals surface area contributed by atoms with Crippen molar-refractivity contribution in [2.24, 2.45) is 11.3 Å². The van der Waals surface area contributed by atoms with Crippen molar-refractivity contribution in [3.8, 4) is 0 Å². The molecule has 4 nitrogen and oxygen atoms in total. The molecule has 2 rings (SSSR count). The second-order valence-corrected chi connectivity index (χ2v) is 7.43. The summed E-state index contributed by atoms with van der Waals surface area (Å²) >= 11 is 1.74. The fraction of sp³-hybridized carbons (Fsp3) is 0.625. The number of hydrogen-bond acceptors (Lipinski definition) is 4. The molecule has 0 spiro atoms. The van der Waals surface area contributed by atoms with Gasteiger partial charge in [0.15, 0.2) is 0 Å². The standard InChI is InChI=1S/C16H23NO3S/c1-5-20-15(19)13(16(2,3)4)14(18)17-8-6-12-11(10-17)7-9-21-12/h7,9,13H,5-6,8,10H2,1-4H3. The zero-order valence-corrected chi connectivity index (χ0v) is 14.0. The molecule has 0 aliphatic carbocycles. The van der Waals surface area contributed by atoms with Gasteiger partial charge >= 0.3 is 5.97 Å². The molecule has 1 amide bonds. The van der Waals surface area contributed by atoms with Gasteiger partial charge in [-0.2, -0.15) is 0 Å². The highest BCUT2D eigenvalue weighted by Gasteiger charge is 2.41. The molecule has 2 heterocycles. The Hall–Kier alpha value is -1.36. The first-order chi connectivity index (χ1) is 9.84. The number of carbonyl (C=O) groups excluding carboxylic acids is 2. The highest BCUT2D eigenvalue weighted by atomic mass is 32.1. The Labute approximate surface area is 130 Å². The van der Waals surface area contributed by atoms with Gasteiger partial charge in [0.1, 0.15) is 5.92 Å². The predicted molar refractivity (Wildman–Crippen MR) is 83.0 cm³/mol. The fourth-order valence-corrected chi connectivity index (χ4v) is 3.56. The van der Waals surface area contributed by atoms with Gasteiger partial charge in [-0.15, -0.1) is 11.3 Å². The molecular weight excluding hydrogens is 286 g/mol. The highest BCUT2D eigenvalue weighted by molar-refractivity contribution is 7.10. The monoisotopic (exact) mass is 309 g/mol. The van der Waals surface area contributed by atoms with Gasteiger partial charge in [0.05, 0.1) is 6.61 Å². The largest absolute Gasteiger partial charge is 0.465 e. The lowest BCUT2D eigenvalue weighted by Crippen LogP contribution is -2.47. The van der Waals surface area contributed by atoms with E-state index in [4.69, 9.17) is 4.74 Å². The lowest BCUT2D eigenvalue weighted by molar-refractivity contribution is -0.161. The summed E-state index contributed by atoms with van der Waals surface area (Å²) in [5.74, 6) is -1.26. The third-order valence-corrected chi connectivity index (χ3v) is 4.78. The Morgan fingerprint density at radius 1 is 1.43 bits per heavy atom. The van der Waals surface area contributed by atoms with E-state index in [-0.39, 0.29) is 5.91 Å². The van der Waals surface area contributed by atoms with Gasteiger partial charge < -0.3 is 9.64 Å². The Bertz CT molecular complexity index is 530. The summed E-state index contributed by atoms with van der Waals surface area (Å²) in [6, 6.07) is 2.07.